The number of fused-ring (bicyclic) bond motifs is 1. The van der Waals surface area contributed by atoms with Crippen molar-refractivity contribution in [3.8, 4) is 0 Å². The van der Waals surface area contributed by atoms with Gasteiger partial charge >= 0.3 is 0 Å². The summed E-state index contributed by atoms with van der Waals surface area (Å²) in [6.07, 6.45) is 7.74. The lowest BCUT2D eigenvalue weighted by atomic mass is 10.1. The molecule has 0 aliphatic heterocycles. The van der Waals surface area contributed by atoms with Crippen molar-refractivity contribution < 1.29 is 4.74 Å². The maximum absolute atomic E-state index is 5.42. The van der Waals surface area contributed by atoms with Crippen LogP contribution in [-0.4, -0.2) is 24.2 Å². The molecule has 0 saturated heterocycles. The molecule has 2 atom stereocenters. The van der Waals surface area contributed by atoms with Crippen LogP contribution < -0.4 is 5.32 Å². The quantitative estimate of drug-likeness (QED) is 0.913. The van der Waals surface area contributed by atoms with E-state index < -0.39 is 0 Å². The van der Waals surface area contributed by atoms with Gasteiger partial charge in [0.15, 0.2) is 0 Å². The first-order valence-corrected chi connectivity index (χ1v) is 6.94. The minimum atomic E-state index is 0.439. The molecule has 3 heteroatoms. The molecule has 1 aromatic heterocycles. The molecular formula is C16H20N2O. The second-order valence-electron chi connectivity index (χ2n) is 5.26. The number of rotatable bonds is 4. The monoisotopic (exact) mass is 256 g/mol. The summed E-state index contributed by atoms with van der Waals surface area (Å²) in [5, 5.41) is 6.16. The van der Waals surface area contributed by atoms with Gasteiger partial charge < -0.3 is 10.1 Å². The lowest BCUT2D eigenvalue weighted by Gasteiger charge is -2.14. The fraction of sp³-hybridized carbons (Fsp3) is 0.438. The van der Waals surface area contributed by atoms with Crippen molar-refractivity contribution in [3.05, 3.63) is 42.2 Å². The summed E-state index contributed by atoms with van der Waals surface area (Å²) in [6.45, 7) is 0.919. The third-order valence-corrected chi connectivity index (χ3v) is 4.07. The predicted molar refractivity (Wildman–Crippen MR) is 77.0 cm³/mol. The second-order valence-corrected chi connectivity index (χ2v) is 5.26. The van der Waals surface area contributed by atoms with E-state index in [1.165, 1.54) is 29.2 Å². The molecule has 1 aliphatic carbocycles. The Kier molecular flexibility index (Phi) is 3.76. The van der Waals surface area contributed by atoms with E-state index in [1.54, 1.807) is 0 Å². The SMILES string of the molecule is COC1CCC(NCc2cccc3cnccc23)C1. The molecule has 1 saturated carbocycles. The largest absolute Gasteiger partial charge is 0.381 e. The van der Waals surface area contributed by atoms with Crippen molar-refractivity contribution in [2.75, 3.05) is 7.11 Å². The molecule has 3 rings (SSSR count). The van der Waals surface area contributed by atoms with Crippen LogP contribution in [0.4, 0.5) is 0 Å². The summed E-state index contributed by atoms with van der Waals surface area (Å²) < 4.78 is 5.42. The summed E-state index contributed by atoms with van der Waals surface area (Å²) in [5.74, 6) is 0. The average molecular weight is 256 g/mol. The van der Waals surface area contributed by atoms with Gasteiger partial charge in [0.1, 0.15) is 0 Å². The van der Waals surface area contributed by atoms with Gasteiger partial charge in [0.25, 0.3) is 0 Å². The highest BCUT2D eigenvalue weighted by molar-refractivity contribution is 5.84. The van der Waals surface area contributed by atoms with Gasteiger partial charge in [-0.05, 0) is 36.3 Å². The molecule has 19 heavy (non-hydrogen) atoms. The second kappa shape index (κ2) is 5.68. The zero-order chi connectivity index (χ0) is 13.1. The highest BCUT2D eigenvalue weighted by Crippen LogP contribution is 2.23. The van der Waals surface area contributed by atoms with Gasteiger partial charge in [-0.25, -0.2) is 0 Å². The molecule has 0 bridgehead atoms. The molecule has 3 nitrogen and oxygen atoms in total. The zero-order valence-electron chi connectivity index (χ0n) is 11.3. The minimum absolute atomic E-state index is 0.439. The Hall–Kier alpha value is -1.45. The number of aromatic nitrogens is 1. The van der Waals surface area contributed by atoms with Crippen LogP contribution in [0.5, 0.6) is 0 Å². The summed E-state index contributed by atoms with van der Waals surface area (Å²) in [6, 6.07) is 9.09. The van der Waals surface area contributed by atoms with Crippen LogP contribution in [0.1, 0.15) is 24.8 Å². The Morgan fingerprint density at radius 2 is 2.26 bits per heavy atom. The number of methoxy groups -OCH3 is 1. The molecule has 2 unspecified atom stereocenters. The van der Waals surface area contributed by atoms with E-state index >= 15 is 0 Å². The molecule has 0 spiro atoms. The topological polar surface area (TPSA) is 34.1 Å². The van der Waals surface area contributed by atoms with Crippen LogP contribution in [0.25, 0.3) is 10.8 Å². The van der Waals surface area contributed by atoms with Crippen molar-refractivity contribution in [3.63, 3.8) is 0 Å². The van der Waals surface area contributed by atoms with E-state index in [-0.39, 0.29) is 0 Å². The van der Waals surface area contributed by atoms with Crippen LogP contribution in [0.3, 0.4) is 0 Å². The van der Waals surface area contributed by atoms with E-state index in [0.29, 0.717) is 12.1 Å². The molecule has 1 N–H and O–H groups in total. The lowest BCUT2D eigenvalue weighted by molar-refractivity contribution is 0.107. The lowest BCUT2D eigenvalue weighted by Crippen LogP contribution is -2.26. The van der Waals surface area contributed by atoms with Gasteiger partial charge in [-0.15, -0.1) is 0 Å². The molecule has 1 aromatic carbocycles. The van der Waals surface area contributed by atoms with Crippen molar-refractivity contribution in [1.82, 2.24) is 10.3 Å². The van der Waals surface area contributed by atoms with Gasteiger partial charge in [-0.1, -0.05) is 18.2 Å². The molecule has 1 heterocycles. The normalized spacial score (nSPS) is 23.0. The van der Waals surface area contributed by atoms with Crippen LogP contribution in [0.15, 0.2) is 36.7 Å². The van der Waals surface area contributed by atoms with Gasteiger partial charge in [-0.3, -0.25) is 4.98 Å². The fourth-order valence-electron chi connectivity index (χ4n) is 2.94. The van der Waals surface area contributed by atoms with Crippen molar-refractivity contribution in [2.24, 2.45) is 0 Å². The van der Waals surface area contributed by atoms with Gasteiger partial charge in [0.05, 0.1) is 6.10 Å². The maximum Gasteiger partial charge on any atom is 0.0586 e. The molecule has 2 aromatic rings. The van der Waals surface area contributed by atoms with Gasteiger partial charge in [0.2, 0.25) is 0 Å². The molecule has 0 radical (unpaired) electrons. The highest BCUT2D eigenvalue weighted by atomic mass is 16.5. The Labute approximate surface area is 114 Å². The number of ether oxygens (including phenoxy) is 1. The van der Waals surface area contributed by atoms with Crippen molar-refractivity contribution in [1.29, 1.82) is 0 Å². The smallest absolute Gasteiger partial charge is 0.0586 e. The summed E-state index contributed by atoms with van der Waals surface area (Å²) >= 11 is 0. The number of nitrogens with zero attached hydrogens (tertiary/aromatic N) is 1. The predicted octanol–water partition coefficient (Wildman–Crippen LogP) is 2.89. The number of pyridine rings is 1. The molecular weight excluding hydrogens is 236 g/mol. The molecule has 1 aliphatic rings. The molecule has 0 amide bonds. The van der Waals surface area contributed by atoms with Crippen molar-refractivity contribution in [2.45, 2.75) is 38.0 Å². The Bertz CT molecular complexity index is 550. The first kappa shape index (κ1) is 12.6. The number of hydrogen-bond donors (Lipinski definition) is 1. The van der Waals surface area contributed by atoms with Crippen LogP contribution in [0.2, 0.25) is 0 Å². The van der Waals surface area contributed by atoms with Crippen molar-refractivity contribution >= 4 is 10.8 Å². The summed E-state index contributed by atoms with van der Waals surface area (Å²) in [4.78, 5) is 4.18. The van der Waals surface area contributed by atoms with Gasteiger partial charge in [-0.2, -0.15) is 0 Å². The molecule has 100 valence electrons. The minimum Gasteiger partial charge on any atom is -0.381 e. The Morgan fingerprint density at radius 1 is 1.32 bits per heavy atom. The summed E-state index contributed by atoms with van der Waals surface area (Å²) in [7, 11) is 1.81. The van der Waals surface area contributed by atoms with Crippen LogP contribution in [-0.2, 0) is 11.3 Å². The Balaban J connectivity index is 1.69. The van der Waals surface area contributed by atoms with E-state index in [9.17, 15) is 0 Å². The third kappa shape index (κ3) is 2.77. The first-order valence-electron chi connectivity index (χ1n) is 6.94. The number of hydrogen-bond acceptors (Lipinski definition) is 3. The van der Waals surface area contributed by atoms with E-state index in [0.717, 1.165) is 13.0 Å². The van der Waals surface area contributed by atoms with Crippen LogP contribution >= 0.6 is 0 Å². The van der Waals surface area contributed by atoms with Gasteiger partial charge in [0, 0.05) is 37.5 Å². The fourth-order valence-corrected chi connectivity index (χ4v) is 2.94. The average Bonchev–Trinajstić information content (AvgIpc) is 2.93. The Morgan fingerprint density at radius 3 is 3.11 bits per heavy atom. The number of nitrogens with one attached hydrogen (secondary N) is 1. The van der Waals surface area contributed by atoms with E-state index in [1.807, 2.05) is 19.5 Å². The van der Waals surface area contributed by atoms with E-state index in [4.69, 9.17) is 4.74 Å². The maximum atomic E-state index is 5.42. The highest BCUT2D eigenvalue weighted by Gasteiger charge is 2.23. The standard InChI is InChI=1S/C16H20N2O/c1-19-15-6-5-14(9-15)18-11-13-4-2-3-12-10-17-8-7-16(12)13/h2-4,7-8,10,14-15,18H,5-6,9,11H2,1H3. The summed E-state index contributed by atoms with van der Waals surface area (Å²) in [5.41, 5.74) is 1.35. The molecule has 1 fully saturated rings. The number of benzene rings is 1. The third-order valence-electron chi connectivity index (χ3n) is 4.07. The zero-order valence-corrected chi connectivity index (χ0v) is 11.3. The van der Waals surface area contributed by atoms with E-state index in [2.05, 4.69) is 34.6 Å². The first-order chi connectivity index (χ1) is 9.36. The van der Waals surface area contributed by atoms with Crippen LogP contribution in [0, 0.1) is 0 Å².